The van der Waals surface area contributed by atoms with Crippen LogP contribution in [0.4, 0.5) is 0 Å². The van der Waals surface area contributed by atoms with E-state index < -0.39 is 32.5 Å². The molecule has 2 rings (SSSR count). The lowest BCUT2D eigenvalue weighted by Gasteiger charge is -2.24. The zero-order chi connectivity index (χ0) is 38.1. The molecule has 1 N–H and O–H groups in total. The number of rotatable bonds is 33. The molecule has 1 aliphatic heterocycles. The van der Waals surface area contributed by atoms with Gasteiger partial charge in [-0.05, 0) is 37.0 Å². The van der Waals surface area contributed by atoms with Gasteiger partial charge in [0.1, 0.15) is 25.5 Å². The maximum atomic E-state index is 12.7. The van der Waals surface area contributed by atoms with Gasteiger partial charge < -0.3 is 28.3 Å². The van der Waals surface area contributed by atoms with Gasteiger partial charge in [-0.3, -0.25) is 18.6 Å². The first-order valence-electron chi connectivity index (χ1n) is 20.0. The van der Waals surface area contributed by atoms with Crippen LogP contribution in [0, 0.1) is 0 Å². The molecule has 1 saturated heterocycles. The van der Waals surface area contributed by atoms with E-state index in [4.69, 9.17) is 28.0 Å². The van der Waals surface area contributed by atoms with E-state index in [-0.39, 0.29) is 38.3 Å². The Bertz CT molecular complexity index is 1140. The van der Waals surface area contributed by atoms with Crippen LogP contribution in [0.15, 0.2) is 24.3 Å². The minimum atomic E-state index is -4.40. The number of carbonyl (C=O) groups excluding carboxylic acids is 2. The lowest BCUT2D eigenvalue weighted by Crippen LogP contribution is -2.37. The fourth-order valence-corrected chi connectivity index (χ4v) is 6.70. The molecule has 1 aromatic rings. The smallest absolute Gasteiger partial charge is 0.472 e. The van der Waals surface area contributed by atoms with Crippen LogP contribution < -0.4 is 4.74 Å². The number of nitrogens with zero attached hydrogens (tertiary/aromatic N) is 1. The largest absolute Gasteiger partial charge is 0.497 e. The molecule has 3 unspecified atom stereocenters. The molecule has 0 aliphatic carbocycles. The van der Waals surface area contributed by atoms with Gasteiger partial charge in [-0.25, -0.2) is 4.57 Å². The molecule has 52 heavy (non-hydrogen) atoms. The Kier molecular flexibility index (Phi) is 23.7. The Morgan fingerprint density at radius 3 is 1.88 bits per heavy atom. The minimum absolute atomic E-state index is 0.0126. The number of phosphoric ester groups is 1. The molecular formula is C40H71NO10P+. The Balaban J connectivity index is 1.65. The number of esters is 2. The average Bonchev–Trinajstić information content (AvgIpc) is 3.84. The Morgan fingerprint density at radius 1 is 0.769 bits per heavy atom. The van der Waals surface area contributed by atoms with E-state index in [0.29, 0.717) is 23.9 Å². The molecule has 1 aromatic carbocycles. The van der Waals surface area contributed by atoms with Gasteiger partial charge in [0.15, 0.2) is 6.10 Å². The maximum Gasteiger partial charge on any atom is 0.472 e. The van der Waals surface area contributed by atoms with E-state index in [9.17, 15) is 19.0 Å². The summed E-state index contributed by atoms with van der Waals surface area (Å²) < 4.78 is 45.2. The van der Waals surface area contributed by atoms with Crippen molar-refractivity contribution >= 4 is 19.8 Å². The third-order valence-electron chi connectivity index (χ3n) is 9.31. The summed E-state index contributed by atoms with van der Waals surface area (Å²) in [4.78, 5) is 35.4. The van der Waals surface area contributed by atoms with Crippen molar-refractivity contribution < 1.29 is 51.5 Å². The highest BCUT2D eigenvalue weighted by Gasteiger charge is 2.38. The van der Waals surface area contributed by atoms with Crippen molar-refractivity contribution in [1.82, 2.24) is 0 Å². The van der Waals surface area contributed by atoms with Gasteiger partial charge in [0.05, 0.1) is 47.1 Å². The topological polar surface area (TPSA) is 130 Å². The summed E-state index contributed by atoms with van der Waals surface area (Å²) in [6.07, 6.45) is 20.3. The number of carbonyl (C=O) groups is 2. The molecule has 4 atom stereocenters. The maximum absolute atomic E-state index is 12.7. The molecule has 0 aromatic heterocycles. The predicted molar refractivity (Wildman–Crippen MR) is 204 cm³/mol. The molecule has 0 spiro atoms. The monoisotopic (exact) mass is 756 g/mol. The number of unbranched alkanes of at least 4 members (excludes halogenated alkanes) is 14. The molecule has 1 heterocycles. The summed E-state index contributed by atoms with van der Waals surface area (Å²) in [7, 11) is 3.05. The first-order chi connectivity index (χ1) is 24.9. The van der Waals surface area contributed by atoms with Gasteiger partial charge in [0.25, 0.3) is 0 Å². The number of phosphoric acid groups is 1. The van der Waals surface area contributed by atoms with E-state index in [2.05, 4.69) is 6.92 Å². The molecule has 11 nitrogen and oxygen atoms in total. The summed E-state index contributed by atoms with van der Waals surface area (Å²) in [6.45, 7) is 2.06. The molecule has 12 heteroatoms. The molecular weight excluding hydrogens is 685 g/mol. The van der Waals surface area contributed by atoms with Crippen LogP contribution in [0.25, 0.3) is 0 Å². The van der Waals surface area contributed by atoms with Gasteiger partial charge in [0.2, 0.25) is 0 Å². The number of likely N-dealkylation sites (N-methyl/N-ethyl adjacent to an activating group) is 1. The zero-order valence-corrected chi connectivity index (χ0v) is 33.9. The van der Waals surface area contributed by atoms with Gasteiger partial charge in [-0.15, -0.1) is 0 Å². The average molecular weight is 757 g/mol. The lowest BCUT2D eigenvalue weighted by molar-refractivity contribution is -0.870. The van der Waals surface area contributed by atoms with Crippen LogP contribution in [0.1, 0.15) is 134 Å². The third kappa shape index (κ3) is 24.3. The van der Waals surface area contributed by atoms with Crippen molar-refractivity contribution in [3.8, 4) is 5.75 Å². The SMILES string of the molecule is CCCCCCCCCCCCCCCCCC(=O)OC[C@H](COP(=O)(O)OCC[N+](C)(C)C)OC(=O)CCCC1OC1Cc1ccc(OC)cc1. The van der Waals surface area contributed by atoms with Crippen LogP contribution in [0.5, 0.6) is 5.75 Å². The van der Waals surface area contributed by atoms with Gasteiger partial charge in [-0.2, -0.15) is 0 Å². The van der Waals surface area contributed by atoms with Crippen molar-refractivity contribution in [3.63, 3.8) is 0 Å². The normalized spacial score (nSPS) is 17.3. The lowest BCUT2D eigenvalue weighted by atomic mass is 10.0. The quantitative estimate of drug-likeness (QED) is 0.0244. The molecule has 300 valence electrons. The summed E-state index contributed by atoms with van der Waals surface area (Å²) >= 11 is 0. The predicted octanol–water partition coefficient (Wildman–Crippen LogP) is 8.73. The number of epoxide rings is 1. The Labute approximate surface area is 314 Å². The summed E-state index contributed by atoms with van der Waals surface area (Å²) in [5, 5.41) is 0. The summed E-state index contributed by atoms with van der Waals surface area (Å²) in [5.41, 5.74) is 1.16. The van der Waals surface area contributed by atoms with Gasteiger partial charge in [-0.1, -0.05) is 109 Å². The van der Waals surface area contributed by atoms with Crippen molar-refractivity contribution in [2.75, 3.05) is 54.6 Å². The second-order valence-electron chi connectivity index (χ2n) is 15.3. The second kappa shape index (κ2) is 26.7. The van der Waals surface area contributed by atoms with Crippen molar-refractivity contribution in [3.05, 3.63) is 29.8 Å². The summed E-state index contributed by atoms with van der Waals surface area (Å²) in [6, 6.07) is 7.89. The van der Waals surface area contributed by atoms with Crippen molar-refractivity contribution in [1.29, 1.82) is 0 Å². The highest BCUT2D eigenvalue weighted by Crippen LogP contribution is 2.43. The zero-order valence-electron chi connectivity index (χ0n) is 33.0. The van der Waals surface area contributed by atoms with E-state index in [0.717, 1.165) is 37.0 Å². The number of hydrogen-bond acceptors (Lipinski definition) is 9. The third-order valence-corrected chi connectivity index (χ3v) is 10.3. The van der Waals surface area contributed by atoms with E-state index in [1.165, 1.54) is 77.0 Å². The van der Waals surface area contributed by atoms with Gasteiger partial charge in [0, 0.05) is 19.3 Å². The number of hydrogen-bond donors (Lipinski definition) is 1. The van der Waals surface area contributed by atoms with Crippen LogP contribution >= 0.6 is 7.82 Å². The Morgan fingerprint density at radius 2 is 1.33 bits per heavy atom. The fourth-order valence-electron chi connectivity index (χ4n) is 5.96. The highest BCUT2D eigenvalue weighted by molar-refractivity contribution is 7.47. The highest BCUT2D eigenvalue weighted by atomic mass is 31.2. The summed E-state index contributed by atoms with van der Waals surface area (Å²) in [5.74, 6) is -0.0857. The van der Waals surface area contributed by atoms with Crippen LogP contribution in [-0.2, 0) is 43.8 Å². The number of methoxy groups -OCH3 is 1. The van der Waals surface area contributed by atoms with Crippen molar-refractivity contribution in [2.45, 2.75) is 154 Å². The molecule has 1 aliphatic rings. The fraction of sp³-hybridized carbons (Fsp3) is 0.800. The van der Waals surface area contributed by atoms with Gasteiger partial charge >= 0.3 is 19.8 Å². The molecule has 0 saturated carbocycles. The van der Waals surface area contributed by atoms with Crippen LogP contribution in [-0.4, -0.2) is 94.2 Å². The number of ether oxygens (including phenoxy) is 4. The molecule has 0 amide bonds. The molecule has 1 fully saturated rings. The first-order valence-corrected chi connectivity index (χ1v) is 21.5. The molecule has 0 radical (unpaired) electrons. The van der Waals surface area contributed by atoms with Crippen LogP contribution in [0.3, 0.4) is 0 Å². The van der Waals surface area contributed by atoms with E-state index in [1.807, 2.05) is 45.4 Å². The molecule has 0 bridgehead atoms. The standard InChI is InChI=1S/C40H70NO10P/c1-6-7-8-9-10-11-12-13-14-15-16-17-18-19-20-23-39(42)47-32-36(33-49-52(44,45)48-30-29-41(2,3)4)50-40(43)24-21-22-37-38(51-37)31-34-25-27-35(46-5)28-26-34/h25-28,36-38H,6-24,29-33H2,1-5H3/p+1/t36-,37?,38?/m1/s1. The minimum Gasteiger partial charge on any atom is -0.497 e. The second-order valence-corrected chi connectivity index (χ2v) is 16.7. The number of benzene rings is 1. The first kappa shape index (κ1) is 46.1. The Hall–Kier alpha value is -2.01. The van der Waals surface area contributed by atoms with Crippen LogP contribution in [0.2, 0.25) is 0 Å². The van der Waals surface area contributed by atoms with E-state index >= 15 is 0 Å². The van der Waals surface area contributed by atoms with E-state index in [1.54, 1.807) is 7.11 Å². The van der Waals surface area contributed by atoms with Crippen molar-refractivity contribution in [2.24, 2.45) is 0 Å². The number of quaternary nitrogens is 1.